The minimum atomic E-state index is -1.46. The molecule has 3 atom stereocenters. The van der Waals surface area contributed by atoms with E-state index in [1.165, 1.54) is 39.2 Å². The van der Waals surface area contributed by atoms with Crippen LogP contribution in [-0.4, -0.2) is 51.8 Å². The molecule has 0 radical (unpaired) electrons. The van der Waals surface area contributed by atoms with Gasteiger partial charge in [-0.25, -0.2) is 13.8 Å². The number of aliphatic hydroxyl groups is 1. The van der Waals surface area contributed by atoms with Crippen LogP contribution in [0, 0.1) is 11.7 Å². The van der Waals surface area contributed by atoms with E-state index in [2.05, 4.69) is 20.6 Å². The summed E-state index contributed by atoms with van der Waals surface area (Å²) in [5.41, 5.74) is 0.488. The summed E-state index contributed by atoms with van der Waals surface area (Å²) in [6.07, 6.45) is 0.773. The highest BCUT2D eigenvalue weighted by Crippen LogP contribution is 2.24. The third kappa shape index (κ3) is 7.78. The van der Waals surface area contributed by atoms with Crippen molar-refractivity contribution in [3.63, 3.8) is 0 Å². The zero-order valence-electron chi connectivity index (χ0n) is 20.7. The molecule has 0 aliphatic rings. The molecule has 0 saturated heterocycles. The lowest BCUT2D eigenvalue weighted by Gasteiger charge is -2.28. The van der Waals surface area contributed by atoms with E-state index >= 15 is 0 Å². The van der Waals surface area contributed by atoms with Gasteiger partial charge >= 0.3 is 0 Å². The molecule has 192 valence electrons. The van der Waals surface area contributed by atoms with Crippen LogP contribution >= 0.6 is 0 Å². The lowest BCUT2D eigenvalue weighted by atomic mass is 9.87. The van der Waals surface area contributed by atoms with Crippen molar-refractivity contribution in [2.75, 3.05) is 7.05 Å². The minimum absolute atomic E-state index is 0.00525. The van der Waals surface area contributed by atoms with Crippen LogP contribution in [0.5, 0.6) is 0 Å². The molecule has 9 heteroatoms. The first-order valence-electron chi connectivity index (χ1n) is 11.9. The number of fused-ring (bicyclic) bond motifs is 1. The number of aliphatic hydroxyl groups excluding tert-OH is 1. The molecule has 36 heavy (non-hydrogen) atoms. The molecule has 2 aromatic carbocycles. The number of halogens is 2. The standard InChI is InChI=1S/C27H32F2N4O3/c1-27(2,29)13-12-18(25(35)30-3)15-24(34)22(14-17-8-10-19(28)11-9-17)33-26(36)23-16-31-20-6-4-5-7-21(20)32-23/h4-11,16,18,22,24,34H,12-15H2,1-3H3,(H,30,35)(H,33,36)/t18-,22+,24+/m1/s1. The van der Waals surface area contributed by atoms with E-state index in [1.807, 2.05) is 6.07 Å². The Morgan fingerprint density at radius 1 is 1.08 bits per heavy atom. The van der Waals surface area contributed by atoms with Gasteiger partial charge < -0.3 is 15.7 Å². The number of aromatic nitrogens is 2. The zero-order valence-corrected chi connectivity index (χ0v) is 20.7. The molecule has 0 bridgehead atoms. The molecule has 1 heterocycles. The maximum absolute atomic E-state index is 14.1. The predicted molar refractivity (Wildman–Crippen MR) is 133 cm³/mol. The fraction of sp³-hybridized carbons (Fsp3) is 0.407. The number of hydrogen-bond donors (Lipinski definition) is 3. The largest absolute Gasteiger partial charge is 0.391 e. The summed E-state index contributed by atoms with van der Waals surface area (Å²) < 4.78 is 27.5. The summed E-state index contributed by atoms with van der Waals surface area (Å²) in [5, 5.41) is 16.5. The molecule has 3 aromatic rings. The number of carbonyl (C=O) groups is 2. The highest BCUT2D eigenvalue weighted by Gasteiger charge is 2.30. The summed E-state index contributed by atoms with van der Waals surface area (Å²) in [6.45, 7) is 2.87. The molecule has 0 unspecified atom stereocenters. The van der Waals surface area contributed by atoms with Crippen LogP contribution in [0.2, 0.25) is 0 Å². The number of hydrogen-bond acceptors (Lipinski definition) is 5. The van der Waals surface area contributed by atoms with Crippen LogP contribution in [0.4, 0.5) is 8.78 Å². The number of nitrogens with zero attached hydrogens (tertiary/aromatic N) is 2. The average Bonchev–Trinajstić information content (AvgIpc) is 2.85. The van der Waals surface area contributed by atoms with Crippen molar-refractivity contribution >= 4 is 22.8 Å². The van der Waals surface area contributed by atoms with Crippen molar-refractivity contribution in [1.82, 2.24) is 20.6 Å². The van der Waals surface area contributed by atoms with Gasteiger partial charge in [-0.15, -0.1) is 0 Å². The smallest absolute Gasteiger partial charge is 0.271 e. The normalized spacial score (nSPS) is 14.2. The Kier molecular flexibility index (Phi) is 9.03. The van der Waals surface area contributed by atoms with E-state index < -0.39 is 35.5 Å². The number of alkyl halides is 1. The Labute approximate surface area is 209 Å². The van der Waals surface area contributed by atoms with Crippen molar-refractivity contribution in [2.24, 2.45) is 5.92 Å². The molecule has 3 rings (SSSR count). The van der Waals surface area contributed by atoms with Crippen LogP contribution in [0.3, 0.4) is 0 Å². The SMILES string of the molecule is CNC(=O)[C@H](CCC(C)(C)F)C[C@H](O)[C@H](Cc1ccc(F)cc1)NC(=O)c1cnc2ccccc2n1. The molecule has 3 N–H and O–H groups in total. The molecule has 0 spiro atoms. The van der Waals surface area contributed by atoms with Gasteiger partial charge in [0.1, 0.15) is 17.2 Å². The van der Waals surface area contributed by atoms with Gasteiger partial charge in [0.15, 0.2) is 0 Å². The molecule has 2 amide bonds. The van der Waals surface area contributed by atoms with E-state index in [9.17, 15) is 23.5 Å². The molecule has 1 aromatic heterocycles. The van der Waals surface area contributed by atoms with Crippen molar-refractivity contribution < 1.29 is 23.5 Å². The van der Waals surface area contributed by atoms with Crippen molar-refractivity contribution in [3.8, 4) is 0 Å². The summed E-state index contributed by atoms with van der Waals surface area (Å²) in [5.74, 6) is -1.92. The molecule has 0 aliphatic heterocycles. The van der Waals surface area contributed by atoms with Gasteiger partial charge in [0, 0.05) is 13.0 Å². The second-order valence-corrected chi connectivity index (χ2v) is 9.53. The van der Waals surface area contributed by atoms with Gasteiger partial charge in [0.25, 0.3) is 5.91 Å². The molecular formula is C27H32F2N4O3. The van der Waals surface area contributed by atoms with Crippen molar-refractivity contribution in [1.29, 1.82) is 0 Å². The summed E-state index contributed by atoms with van der Waals surface area (Å²) in [4.78, 5) is 34.1. The molecule has 7 nitrogen and oxygen atoms in total. The first-order valence-corrected chi connectivity index (χ1v) is 11.9. The third-order valence-electron chi connectivity index (χ3n) is 6.06. The van der Waals surface area contributed by atoms with Gasteiger partial charge in [-0.3, -0.25) is 14.6 Å². The third-order valence-corrected chi connectivity index (χ3v) is 6.06. The molecule has 0 saturated carbocycles. The van der Waals surface area contributed by atoms with E-state index in [4.69, 9.17) is 0 Å². The van der Waals surface area contributed by atoms with Crippen molar-refractivity contribution in [3.05, 3.63) is 71.8 Å². The maximum atomic E-state index is 14.1. The average molecular weight is 499 g/mol. The minimum Gasteiger partial charge on any atom is -0.391 e. The lowest BCUT2D eigenvalue weighted by molar-refractivity contribution is -0.126. The molecule has 0 aliphatic carbocycles. The highest BCUT2D eigenvalue weighted by molar-refractivity contribution is 5.94. The fourth-order valence-corrected chi connectivity index (χ4v) is 4.00. The van der Waals surface area contributed by atoms with Gasteiger partial charge in [-0.05, 0) is 69.4 Å². The number of benzene rings is 2. The Bertz CT molecular complexity index is 1180. The monoisotopic (exact) mass is 498 g/mol. The van der Waals surface area contributed by atoms with Crippen LogP contribution < -0.4 is 10.6 Å². The Hall–Kier alpha value is -3.46. The summed E-state index contributed by atoms with van der Waals surface area (Å²) in [7, 11) is 1.48. The Morgan fingerprint density at radius 2 is 1.75 bits per heavy atom. The first kappa shape index (κ1) is 27.1. The number of para-hydroxylation sites is 2. The van der Waals surface area contributed by atoms with Crippen LogP contribution in [0.15, 0.2) is 54.7 Å². The Balaban J connectivity index is 1.82. The maximum Gasteiger partial charge on any atom is 0.271 e. The molecule has 0 fully saturated rings. The van der Waals surface area contributed by atoms with Gasteiger partial charge in [0.2, 0.25) is 5.91 Å². The number of amides is 2. The van der Waals surface area contributed by atoms with Crippen molar-refractivity contribution in [2.45, 2.75) is 57.3 Å². The highest BCUT2D eigenvalue weighted by atomic mass is 19.1. The summed E-state index contributed by atoms with van der Waals surface area (Å²) in [6, 6.07) is 12.0. The number of nitrogens with one attached hydrogen (secondary N) is 2. The summed E-state index contributed by atoms with van der Waals surface area (Å²) >= 11 is 0. The van der Waals surface area contributed by atoms with Crippen LogP contribution in [0.25, 0.3) is 11.0 Å². The van der Waals surface area contributed by atoms with Gasteiger partial charge in [0.05, 0.1) is 29.4 Å². The molecular weight excluding hydrogens is 466 g/mol. The number of carbonyl (C=O) groups excluding carboxylic acids is 2. The fourth-order valence-electron chi connectivity index (χ4n) is 4.00. The van der Waals surface area contributed by atoms with Crippen LogP contribution in [-0.2, 0) is 11.2 Å². The van der Waals surface area contributed by atoms with Gasteiger partial charge in [-0.2, -0.15) is 0 Å². The van der Waals surface area contributed by atoms with E-state index in [0.29, 0.717) is 16.6 Å². The second kappa shape index (κ2) is 12.0. The van der Waals surface area contributed by atoms with E-state index in [-0.39, 0.29) is 37.3 Å². The predicted octanol–water partition coefficient (Wildman–Crippen LogP) is 3.75. The van der Waals surface area contributed by atoms with E-state index in [0.717, 1.165) is 0 Å². The van der Waals surface area contributed by atoms with Crippen LogP contribution in [0.1, 0.15) is 49.2 Å². The zero-order chi connectivity index (χ0) is 26.3. The first-order chi connectivity index (χ1) is 17.1. The Morgan fingerprint density at radius 3 is 2.39 bits per heavy atom. The number of rotatable bonds is 11. The van der Waals surface area contributed by atoms with E-state index in [1.54, 1.807) is 30.3 Å². The quantitative estimate of drug-likeness (QED) is 0.374. The van der Waals surface area contributed by atoms with Gasteiger partial charge in [-0.1, -0.05) is 24.3 Å². The second-order valence-electron chi connectivity index (χ2n) is 9.53. The lowest BCUT2D eigenvalue weighted by Crippen LogP contribution is -2.47. The topological polar surface area (TPSA) is 104 Å².